The molecule has 0 bridgehead atoms. The average molecular weight is 275 g/mol. The maximum absolute atomic E-state index is 9.02. The first kappa shape index (κ1) is 13.4. The van der Waals surface area contributed by atoms with Crippen molar-refractivity contribution >= 4 is 17.3 Å². The summed E-state index contributed by atoms with van der Waals surface area (Å²) in [5.74, 6) is 0. The second-order valence-corrected chi connectivity index (χ2v) is 4.79. The maximum Gasteiger partial charge on any atom is 0.101 e. The Morgan fingerprint density at radius 2 is 2.32 bits per heavy atom. The zero-order valence-corrected chi connectivity index (χ0v) is 11.5. The Hall–Kier alpha value is -1.99. The number of rotatable bonds is 5. The van der Waals surface area contributed by atoms with E-state index in [1.165, 1.54) is 5.56 Å². The molecular formula is C14H15ClN4. The van der Waals surface area contributed by atoms with Crippen LogP contribution in [0.4, 0.5) is 5.69 Å². The molecule has 0 atom stereocenters. The minimum atomic E-state index is 0.576. The van der Waals surface area contributed by atoms with Crippen LogP contribution < -0.4 is 5.32 Å². The number of anilines is 1. The van der Waals surface area contributed by atoms with Crippen LogP contribution in [0, 0.1) is 18.3 Å². The van der Waals surface area contributed by atoms with Gasteiger partial charge in [0.25, 0.3) is 0 Å². The highest BCUT2D eigenvalue weighted by molar-refractivity contribution is 6.30. The number of aromatic amines is 1. The molecule has 2 rings (SSSR count). The number of nitrogens with one attached hydrogen (secondary N) is 2. The molecule has 0 amide bonds. The minimum Gasteiger partial charge on any atom is -0.384 e. The molecule has 4 nitrogen and oxygen atoms in total. The Labute approximate surface area is 117 Å². The Morgan fingerprint density at radius 1 is 1.47 bits per heavy atom. The quantitative estimate of drug-likeness (QED) is 0.823. The Morgan fingerprint density at radius 3 is 3.00 bits per heavy atom. The lowest BCUT2D eigenvalue weighted by Gasteiger charge is -2.08. The van der Waals surface area contributed by atoms with Crippen LogP contribution in [-0.2, 0) is 6.42 Å². The summed E-state index contributed by atoms with van der Waals surface area (Å²) < 4.78 is 0. The molecule has 0 saturated carbocycles. The van der Waals surface area contributed by atoms with Gasteiger partial charge < -0.3 is 5.32 Å². The van der Waals surface area contributed by atoms with Crippen molar-refractivity contribution < 1.29 is 0 Å². The highest BCUT2D eigenvalue weighted by Gasteiger charge is 2.03. The smallest absolute Gasteiger partial charge is 0.101 e. The monoisotopic (exact) mass is 274 g/mol. The summed E-state index contributed by atoms with van der Waals surface area (Å²) in [7, 11) is 0. The van der Waals surface area contributed by atoms with Gasteiger partial charge in [-0.2, -0.15) is 10.4 Å². The predicted molar refractivity (Wildman–Crippen MR) is 76.3 cm³/mol. The van der Waals surface area contributed by atoms with Crippen LogP contribution in [0.5, 0.6) is 0 Å². The van der Waals surface area contributed by atoms with E-state index in [1.54, 1.807) is 12.1 Å². The molecule has 0 saturated heterocycles. The lowest BCUT2D eigenvalue weighted by atomic mass is 10.1. The van der Waals surface area contributed by atoms with E-state index in [1.807, 2.05) is 19.2 Å². The Bertz CT molecular complexity index is 598. The molecule has 1 aromatic carbocycles. The van der Waals surface area contributed by atoms with Crippen molar-refractivity contribution in [2.45, 2.75) is 19.8 Å². The number of H-pyrrole nitrogens is 1. The van der Waals surface area contributed by atoms with Crippen LogP contribution in [0.25, 0.3) is 0 Å². The molecule has 0 unspecified atom stereocenters. The van der Waals surface area contributed by atoms with Gasteiger partial charge in [-0.05, 0) is 43.5 Å². The van der Waals surface area contributed by atoms with Gasteiger partial charge in [0.05, 0.1) is 17.4 Å². The van der Waals surface area contributed by atoms with Gasteiger partial charge in [-0.15, -0.1) is 0 Å². The van der Waals surface area contributed by atoms with Crippen LogP contribution in [-0.4, -0.2) is 16.7 Å². The topological polar surface area (TPSA) is 64.5 Å². The summed E-state index contributed by atoms with van der Waals surface area (Å²) in [6.45, 7) is 2.82. The fourth-order valence-corrected chi connectivity index (χ4v) is 2.06. The molecule has 1 aromatic heterocycles. The number of hydrogen-bond acceptors (Lipinski definition) is 3. The van der Waals surface area contributed by atoms with Crippen molar-refractivity contribution in [3.05, 3.63) is 46.2 Å². The second-order valence-electron chi connectivity index (χ2n) is 4.35. The molecule has 1 heterocycles. The van der Waals surface area contributed by atoms with Gasteiger partial charge in [0, 0.05) is 17.3 Å². The predicted octanol–water partition coefficient (Wildman–Crippen LogP) is 3.29. The number of hydrogen-bond donors (Lipinski definition) is 2. The number of aromatic nitrogens is 2. The molecule has 2 N–H and O–H groups in total. The van der Waals surface area contributed by atoms with E-state index in [9.17, 15) is 0 Å². The summed E-state index contributed by atoms with van der Waals surface area (Å²) in [4.78, 5) is 0. The molecule has 0 radical (unpaired) electrons. The minimum absolute atomic E-state index is 0.576. The lowest BCUT2D eigenvalue weighted by Crippen LogP contribution is -2.04. The number of halogens is 1. The molecule has 98 valence electrons. The number of aryl methyl sites for hydroxylation is 2. The van der Waals surface area contributed by atoms with Crippen LogP contribution in [0.2, 0.25) is 5.02 Å². The van der Waals surface area contributed by atoms with E-state index < -0.39 is 0 Å². The number of nitrogens with zero attached hydrogens (tertiary/aromatic N) is 2. The summed E-state index contributed by atoms with van der Waals surface area (Å²) in [5.41, 5.74) is 3.76. The van der Waals surface area contributed by atoms with Crippen molar-refractivity contribution in [3.8, 4) is 6.07 Å². The Kier molecular flexibility index (Phi) is 4.43. The molecule has 2 aromatic rings. The summed E-state index contributed by atoms with van der Waals surface area (Å²) >= 11 is 5.85. The van der Waals surface area contributed by atoms with Crippen LogP contribution in [0.3, 0.4) is 0 Å². The van der Waals surface area contributed by atoms with E-state index in [2.05, 4.69) is 21.6 Å². The first-order valence-electron chi connectivity index (χ1n) is 6.13. The molecule has 0 aliphatic heterocycles. The zero-order chi connectivity index (χ0) is 13.7. The number of benzene rings is 1. The van der Waals surface area contributed by atoms with E-state index >= 15 is 0 Å². The van der Waals surface area contributed by atoms with E-state index in [0.717, 1.165) is 30.8 Å². The standard InChI is InChI=1S/C14H15ClN4/c1-10-11(9-18-19-10)3-2-6-17-14-5-4-13(15)7-12(14)8-16/h4-5,7,9,17H,2-3,6H2,1H3,(H,18,19). The largest absolute Gasteiger partial charge is 0.384 e. The van der Waals surface area contributed by atoms with Crippen LogP contribution in [0.15, 0.2) is 24.4 Å². The molecule has 0 spiro atoms. The average Bonchev–Trinajstić information content (AvgIpc) is 2.81. The third kappa shape index (κ3) is 3.49. The Balaban J connectivity index is 1.86. The maximum atomic E-state index is 9.02. The first-order valence-corrected chi connectivity index (χ1v) is 6.51. The van der Waals surface area contributed by atoms with Gasteiger partial charge in [0.15, 0.2) is 0 Å². The molecule has 0 aliphatic carbocycles. The van der Waals surface area contributed by atoms with Crippen molar-refractivity contribution in [3.63, 3.8) is 0 Å². The first-order chi connectivity index (χ1) is 9.20. The molecule has 0 fully saturated rings. The van der Waals surface area contributed by atoms with Crippen LogP contribution in [0.1, 0.15) is 23.2 Å². The van der Waals surface area contributed by atoms with Crippen molar-refractivity contribution in [2.75, 3.05) is 11.9 Å². The van der Waals surface area contributed by atoms with Crippen molar-refractivity contribution in [2.24, 2.45) is 0 Å². The number of nitriles is 1. The summed E-state index contributed by atoms with van der Waals surface area (Å²) in [6, 6.07) is 7.43. The van der Waals surface area contributed by atoms with Gasteiger partial charge in [0.2, 0.25) is 0 Å². The lowest BCUT2D eigenvalue weighted by molar-refractivity contribution is 0.857. The fourth-order valence-electron chi connectivity index (χ4n) is 1.89. The summed E-state index contributed by atoms with van der Waals surface area (Å²) in [6.07, 6.45) is 3.80. The highest BCUT2D eigenvalue weighted by Crippen LogP contribution is 2.19. The van der Waals surface area contributed by atoms with Gasteiger partial charge in [-0.1, -0.05) is 11.6 Å². The van der Waals surface area contributed by atoms with Gasteiger partial charge in [-0.3, -0.25) is 5.10 Å². The molecular weight excluding hydrogens is 260 g/mol. The normalized spacial score (nSPS) is 10.2. The zero-order valence-electron chi connectivity index (χ0n) is 10.7. The van der Waals surface area contributed by atoms with E-state index in [4.69, 9.17) is 16.9 Å². The molecule has 5 heteroatoms. The van der Waals surface area contributed by atoms with E-state index in [0.29, 0.717) is 10.6 Å². The fraction of sp³-hybridized carbons (Fsp3) is 0.286. The van der Waals surface area contributed by atoms with Crippen LogP contribution >= 0.6 is 11.6 Å². The van der Waals surface area contributed by atoms with Crippen molar-refractivity contribution in [1.82, 2.24) is 10.2 Å². The molecule has 19 heavy (non-hydrogen) atoms. The van der Waals surface area contributed by atoms with Gasteiger partial charge >= 0.3 is 0 Å². The third-order valence-corrected chi connectivity index (χ3v) is 3.21. The SMILES string of the molecule is Cc1[nH]ncc1CCCNc1ccc(Cl)cc1C#N. The van der Waals surface area contributed by atoms with E-state index in [-0.39, 0.29) is 0 Å². The summed E-state index contributed by atoms with van der Waals surface area (Å²) in [5, 5.41) is 19.8. The second kappa shape index (κ2) is 6.26. The van der Waals surface area contributed by atoms with Gasteiger partial charge in [0.1, 0.15) is 6.07 Å². The highest BCUT2D eigenvalue weighted by atomic mass is 35.5. The molecule has 0 aliphatic rings. The van der Waals surface area contributed by atoms with Gasteiger partial charge in [-0.25, -0.2) is 0 Å². The van der Waals surface area contributed by atoms with Crippen molar-refractivity contribution in [1.29, 1.82) is 5.26 Å². The third-order valence-electron chi connectivity index (χ3n) is 2.97.